The van der Waals surface area contributed by atoms with E-state index in [9.17, 15) is 4.79 Å². The second-order valence-corrected chi connectivity index (χ2v) is 5.54. The van der Waals surface area contributed by atoms with Crippen LogP contribution in [-0.4, -0.2) is 11.6 Å². The van der Waals surface area contributed by atoms with E-state index < -0.39 is 0 Å². The quantitative estimate of drug-likeness (QED) is 0.732. The molecule has 0 atom stereocenters. The summed E-state index contributed by atoms with van der Waals surface area (Å²) in [6.07, 6.45) is 7.79. The zero-order valence-corrected chi connectivity index (χ0v) is 11.5. The Hall–Kier alpha value is -0.860. The first-order chi connectivity index (χ1) is 8.11. The molecule has 0 aliphatic heterocycles. The van der Waals surface area contributed by atoms with Gasteiger partial charge in [-0.3, -0.25) is 4.79 Å². The first-order valence-electron chi connectivity index (χ1n) is 6.96. The van der Waals surface area contributed by atoms with Crippen LogP contribution in [0.25, 0.3) is 0 Å². The van der Waals surface area contributed by atoms with Gasteiger partial charge >= 0.3 is 0 Å². The maximum Gasteiger partial charge on any atom is 0.240 e. The van der Waals surface area contributed by atoms with Crippen LogP contribution in [0.5, 0.6) is 0 Å². The minimum atomic E-state index is 0.0446. The molecule has 0 heterocycles. The van der Waals surface area contributed by atoms with Crippen molar-refractivity contribution in [3.05, 3.63) is 0 Å². The molecule has 0 aromatic carbocycles. The molecule has 3 heteroatoms. The van der Waals surface area contributed by atoms with Gasteiger partial charge in [0, 0.05) is 12.1 Å². The van der Waals surface area contributed by atoms with Crippen molar-refractivity contribution >= 4 is 11.6 Å². The molecule has 1 aliphatic rings. The molecule has 1 amide bonds. The van der Waals surface area contributed by atoms with E-state index >= 15 is 0 Å². The van der Waals surface area contributed by atoms with E-state index in [1.807, 2.05) is 13.8 Å². The highest BCUT2D eigenvalue weighted by molar-refractivity contribution is 5.86. The molecule has 0 aromatic heterocycles. The van der Waals surface area contributed by atoms with Crippen LogP contribution < -0.4 is 5.43 Å². The summed E-state index contributed by atoms with van der Waals surface area (Å²) in [6, 6.07) is 0. The van der Waals surface area contributed by atoms with Crippen LogP contribution in [0.3, 0.4) is 0 Å². The van der Waals surface area contributed by atoms with Crippen LogP contribution in [0.2, 0.25) is 0 Å². The third-order valence-electron chi connectivity index (χ3n) is 3.31. The molecule has 0 aromatic rings. The lowest BCUT2D eigenvalue weighted by molar-refractivity contribution is -0.121. The number of carbonyl (C=O) groups is 1. The Labute approximate surface area is 105 Å². The number of carbonyl (C=O) groups excluding carboxylic acids is 1. The minimum Gasteiger partial charge on any atom is -0.273 e. The Morgan fingerprint density at radius 3 is 2.59 bits per heavy atom. The Balaban J connectivity index is 2.26. The van der Waals surface area contributed by atoms with Crippen molar-refractivity contribution in [2.45, 2.75) is 65.7 Å². The topological polar surface area (TPSA) is 41.5 Å². The molecule has 1 saturated carbocycles. The molecular weight excluding hydrogens is 212 g/mol. The van der Waals surface area contributed by atoms with Crippen LogP contribution in [0.4, 0.5) is 0 Å². The van der Waals surface area contributed by atoms with Gasteiger partial charge in [0.15, 0.2) is 0 Å². The predicted octanol–water partition coefficient (Wildman–Crippen LogP) is 3.50. The molecule has 0 radical (unpaired) electrons. The predicted molar refractivity (Wildman–Crippen MR) is 71.9 cm³/mol. The van der Waals surface area contributed by atoms with Crippen LogP contribution in [0, 0.1) is 11.8 Å². The van der Waals surface area contributed by atoms with E-state index in [4.69, 9.17) is 0 Å². The molecule has 0 unspecified atom stereocenters. The number of hydrazone groups is 1. The van der Waals surface area contributed by atoms with Crippen LogP contribution >= 0.6 is 0 Å². The first-order valence-corrected chi connectivity index (χ1v) is 6.96. The van der Waals surface area contributed by atoms with Crippen LogP contribution in [-0.2, 0) is 4.79 Å². The number of amides is 1. The average molecular weight is 238 g/mol. The maximum absolute atomic E-state index is 11.4. The van der Waals surface area contributed by atoms with Crippen LogP contribution in [0.15, 0.2) is 5.10 Å². The van der Waals surface area contributed by atoms with Gasteiger partial charge in [-0.1, -0.05) is 33.6 Å². The molecule has 1 N–H and O–H groups in total. The number of hydrogen-bond acceptors (Lipinski definition) is 2. The van der Waals surface area contributed by atoms with E-state index in [1.165, 1.54) is 31.4 Å². The summed E-state index contributed by atoms with van der Waals surface area (Å²) in [6.45, 7) is 6.33. The Kier molecular flexibility index (Phi) is 6.23. The lowest BCUT2D eigenvalue weighted by Gasteiger charge is -2.22. The van der Waals surface area contributed by atoms with E-state index in [0.717, 1.165) is 18.8 Å². The fourth-order valence-electron chi connectivity index (χ4n) is 2.38. The third kappa shape index (κ3) is 5.85. The SMILES string of the molecule is CCCC1CCC(=NNC(=O)CC(C)C)CC1. The maximum atomic E-state index is 11.4. The highest BCUT2D eigenvalue weighted by atomic mass is 16.2. The van der Waals surface area contributed by atoms with E-state index in [1.54, 1.807) is 0 Å². The van der Waals surface area contributed by atoms with Gasteiger partial charge in [-0.25, -0.2) is 5.43 Å². The molecule has 1 rings (SSSR count). The molecular formula is C14H26N2O. The van der Waals surface area contributed by atoms with Crippen molar-refractivity contribution in [1.29, 1.82) is 0 Å². The monoisotopic (exact) mass is 238 g/mol. The zero-order chi connectivity index (χ0) is 12.7. The van der Waals surface area contributed by atoms with Gasteiger partial charge in [0.05, 0.1) is 0 Å². The molecule has 0 bridgehead atoms. The third-order valence-corrected chi connectivity index (χ3v) is 3.31. The van der Waals surface area contributed by atoms with Crippen molar-refractivity contribution in [3.63, 3.8) is 0 Å². The van der Waals surface area contributed by atoms with E-state index in [-0.39, 0.29) is 5.91 Å². The van der Waals surface area contributed by atoms with Crippen LogP contribution in [0.1, 0.15) is 65.7 Å². The summed E-state index contributed by atoms with van der Waals surface area (Å²) in [5.41, 5.74) is 3.85. The largest absolute Gasteiger partial charge is 0.273 e. The fraction of sp³-hybridized carbons (Fsp3) is 0.857. The zero-order valence-electron chi connectivity index (χ0n) is 11.5. The highest BCUT2D eigenvalue weighted by Crippen LogP contribution is 2.25. The number of hydrogen-bond donors (Lipinski definition) is 1. The summed E-state index contributed by atoms with van der Waals surface area (Å²) < 4.78 is 0. The molecule has 3 nitrogen and oxygen atoms in total. The molecule has 17 heavy (non-hydrogen) atoms. The second-order valence-electron chi connectivity index (χ2n) is 5.54. The van der Waals surface area contributed by atoms with Gasteiger partial charge in [-0.15, -0.1) is 0 Å². The average Bonchev–Trinajstić information content (AvgIpc) is 2.28. The first kappa shape index (κ1) is 14.2. The number of nitrogens with one attached hydrogen (secondary N) is 1. The minimum absolute atomic E-state index is 0.0446. The van der Waals surface area contributed by atoms with Crippen molar-refractivity contribution in [3.8, 4) is 0 Å². The lowest BCUT2D eigenvalue weighted by Crippen LogP contribution is -2.23. The van der Waals surface area contributed by atoms with Gasteiger partial charge in [0.2, 0.25) is 5.91 Å². The van der Waals surface area contributed by atoms with Gasteiger partial charge in [0.25, 0.3) is 0 Å². The van der Waals surface area contributed by atoms with Gasteiger partial charge < -0.3 is 0 Å². The van der Waals surface area contributed by atoms with Gasteiger partial charge in [-0.05, 0) is 37.5 Å². The standard InChI is InChI=1S/C14H26N2O/c1-4-5-12-6-8-13(9-7-12)15-16-14(17)10-11(2)3/h11-12H,4-10H2,1-3H3,(H,16,17). The van der Waals surface area contributed by atoms with Crippen molar-refractivity contribution < 1.29 is 4.79 Å². The highest BCUT2D eigenvalue weighted by Gasteiger charge is 2.16. The van der Waals surface area contributed by atoms with Crippen molar-refractivity contribution in [1.82, 2.24) is 5.43 Å². The number of rotatable bonds is 5. The Morgan fingerprint density at radius 1 is 1.41 bits per heavy atom. The summed E-state index contributed by atoms with van der Waals surface area (Å²) >= 11 is 0. The summed E-state index contributed by atoms with van der Waals surface area (Å²) in [4.78, 5) is 11.4. The Bertz CT molecular complexity index is 261. The lowest BCUT2D eigenvalue weighted by atomic mass is 9.85. The molecule has 0 saturated heterocycles. The second kappa shape index (κ2) is 7.46. The molecule has 98 valence electrons. The van der Waals surface area contributed by atoms with E-state index in [0.29, 0.717) is 12.3 Å². The number of nitrogens with zero attached hydrogens (tertiary/aromatic N) is 1. The normalized spacial score (nSPS) is 20.5. The smallest absolute Gasteiger partial charge is 0.240 e. The Morgan fingerprint density at radius 2 is 2.06 bits per heavy atom. The van der Waals surface area contributed by atoms with E-state index in [2.05, 4.69) is 17.5 Å². The summed E-state index contributed by atoms with van der Waals surface area (Å²) in [5.74, 6) is 1.32. The molecule has 0 spiro atoms. The fourth-order valence-corrected chi connectivity index (χ4v) is 2.38. The van der Waals surface area contributed by atoms with Gasteiger partial charge in [0.1, 0.15) is 0 Å². The van der Waals surface area contributed by atoms with Gasteiger partial charge in [-0.2, -0.15) is 5.10 Å². The summed E-state index contributed by atoms with van der Waals surface area (Å²) in [7, 11) is 0. The summed E-state index contributed by atoms with van der Waals surface area (Å²) in [5, 5.41) is 4.25. The van der Waals surface area contributed by atoms with Crippen molar-refractivity contribution in [2.75, 3.05) is 0 Å². The molecule has 1 fully saturated rings. The van der Waals surface area contributed by atoms with Crippen molar-refractivity contribution in [2.24, 2.45) is 16.9 Å². The molecule has 1 aliphatic carbocycles.